The molecule has 0 bridgehead atoms. The van der Waals surface area contributed by atoms with Crippen LogP contribution in [0.25, 0.3) is 0 Å². The molecule has 8 nitrogen and oxygen atoms in total. The van der Waals surface area contributed by atoms with E-state index in [0.29, 0.717) is 34.0 Å². The first-order valence-electron chi connectivity index (χ1n) is 8.33. The van der Waals surface area contributed by atoms with Crippen LogP contribution in [0, 0.1) is 0 Å². The fourth-order valence-electron chi connectivity index (χ4n) is 2.24. The first-order chi connectivity index (χ1) is 13.7. The molecule has 2 aromatic carbocycles. The quantitative estimate of drug-likeness (QED) is 0.545. The second-order valence-electron chi connectivity index (χ2n) is 5.47. The molecule has 0 radical (unpaired) electrons. The van der Waals surface area contributed by atoms with Gasteiger partial charge in [-0.25, -0.2) is 0 Å². The molecule has 0 unspecified atom stereocenters. The highest BCUT2D eigenvalue weighted by atomic mass is 32.2. The summed E-state index contributed by atoms with van der Waals surface area (Å²) in [5.74, 6) is 2.06. The van der Waals surface area contributed by atoms with Crippen molar-refractivity contribution in [3.05, 3.63) is 54.4 Å². The number of rotatable bonds is 9. The van der Waals surface area contributed by atoms with Gasteiger partial charge in [0.25, 0.3) is 11.1 Å². The van der Waals surface area contributed by atoms with Crippen LogP contribution in [0.2, 0.25) is 0 Å². The summed E-state index contributed by atoms with van der Waals surface area (Å²) in [5.41, 5.74) is 0.523. The van der Waals surface area contributed by atoms with Crippen LogP contribution in [0.15, 0.2) is 58.2 Å². The number of ether oxygens (including phenoxy) is 3. The van der Waals surface area contributed by atoms with Gasteiger partial charge in [-0.1, -0.05) is 30.0 Å². The SMILES string of the molecule is COc1ccc(OC)c(NC(=O)CSc2nnc(COc3ccccc3)o2)c1. The second kappa shape index (κ2) is 9.65. The van der Waals surface area contributed by atoms with Gasteiger partial charge in [-0.15, -0.1) is 10.2 Å². The third kappa shape index (κ3) is 5.40. The minimum Gasteiger partial charge on any atom is -0.497 e. The van der Waals surface area contributed by atoms with Gasteiger partial charge in [0.15, 0.2) is 6.61 Å². The monoisotopic (exact) mass is 401 g/mol. The van der Waals surface area contributed by atoms with Crippen molar-refractivity contribution in [2.24, 2.45) is 0 Å². The summed E-state index contributed by atoms with van der Waals surface area (Å²) in [6.07, 6.45) is 0. The lowest BCUT2D eigenvalue weighted by Gasteiger charge is -2.11. The molecule has 1 amide bonds. The van der Waals surface area contributed by atoms with E-state index in [1.807, 2.05) is 30.3 Å². The minimum absolute atomic E-state index is 0.0987. The van der Waals surface area contributed by atoms with Gasteiger partial charge in [0.05, 0.1) is 25.7 Å². The van der Waals surface area contributed by atoms with E-state index in [-0.39, 0.29) is 18.3 Å². The zero-order valence-corrected chi connectivity index (χ0v) is 16.2. The lowest BCUT2D eigenvalue weighted by atomic mass is 10.2. The third-order valence-electron chi connectivity index (χ3n) is 3.56. The summed E-state index contributed by atoms with van der Waals surface area (Å²) in [7, 11) is 3.08. The van der Waals surface area contributed by atoms with E-state index in [1.54, 1.807) is 25.3 Å². The van der Waals surface area contributed by atoms with Gasteiger partial charge in [-0.05, 0) is 24.3 Å². The van der Waals surface area contributed by atoms with E-state index in [4.69, 9.17) is 18.6 Å². The van der Waals surface area contributed by atoms with Crippen molar-refractivity contribution in [1.82, 2.24) is 10.2 Å². The van der Waals surface area contributed by atoms with E-state index in [2.05, 4.69) is 15.5 Å². The molecule has 0 saturated carbocycles. The van der Waals surface area contributed by atoms with Gasteiger partial charge in [0.1, 0.15) is 17.2 Å². The largest absolute Gasteiger partial charge is 0.497 e. The summed E-state index contributed by atoms with van der Waals surface area (Å²) in [6.45, 7) is 0.158. The number of thioether (sulfide) groups is 1. The van der Waals surface area contributed by atoms with E-state index >= 15 is 0 Å². The number of aromatic nitrogens is 2. The topological polar surface area (TPSA) is 95.7 Å². The highest BCUT2D eigenvalue weighted by Crippen LogP contribution is 2.29. The zero-order valence-electron chi connectivity index (χ0n) is 15.4. The Morgan fingerprint density at radius 2 is 1.89 bits per heavy atom. The maximum Gasteiger partial charge on any atom is 0.277 e. The molecule has 0 aliphatic carbocycles. The number of para-hydroxylation sites is 1. The predicted molar refractivity (Wildman–Crippen MR) is 104 cm³/mol. The van der Waals surface area contributed by atoms with Gasteiger partial charge < -0.3 is 23.9 Å². The average Bonchev–Trinajstić information content (AvgIpc) is 3.19. The Labute approximate surface area is 166 Å². The molecule has 0 spiro atoms. The van der Waals surface area contributed by atoms with Gasteiger partial charge in [0.2, 0.25) is 5.91 Å². The Bertz CT molecular complexity index is 917. The van der Waals surface area contributed by atoms with Crippen LogP contribution in [-0.2, 0) is 11.4 Å². The van der Waals surface area contributed by atoms with Crippen LogP contribution in [0.3, 0.4) is 0 Å². The van der Waals surface area contributed by atoms with E-state index < -0.39 is 0 Å². The number of carbonyl (C=O) groups is 1. The smallest absolute Gasteiger partial charge is 0.277 e. The van der Waals surface area contributed by atoms with Crippen LogP contribution >= 0.6 is 11.8 Å². The molecule has 1 heterocycles. The van der Waals surface area contributed by atoms with Crippen molar-refractivity contribution in [3.8, 4) is 17.2 Å². The van der Waals surface area contributed by atoms with Crippen LogP contribution in [-0.4, -0.2) is 36.1 Å². The Morgan fingerprint density at radius 1 is 1.07 bits per heavy atom. The Morgan fingerprint density at radius 3 is 2.64 bits per heavy atom. The molecule has 3 rings (SSSR count). The summed E-state index contributed by atoms with van der Waals surface area (Å²) in [4.78, 5) is 12.2. The van der Waals surface area contributed by atoms with E-state index in [0.717, 1.165) is 11.8 Å². The van der Waals surface area contributed by atoms with Crippen molar-refractivity contribution in [2.45, 2.75) is 11.8 Å². The van der Waals surface area contributed by atoms with Gasteiger partial charge in [-0.2, -0.15) is 0 Å². The number of carbonyl (C=O) groups excluding carboxylic acids is 1. The molecule has 1 N–H and O–H groups in total. The predicted octanol–water partition coefficient (Wildman–Crippen LogP) is 3.40. The lowest BCUT2D eigenvalue weighted by molar-refractivity contribution is -0.113. The van der Waals surface area contributed by atoms with Crippen molar-refractivity contribution in [1.29, 1.82) is 0 Å². The van der Waals surface area contributed by atoms with Gasteiger partial charge in [0, 0.05) is 6.07 Å². The fraction of sp³-hybridized carbons (Fsp3) is 0.211. The first-order valence-corrected chi connectivity index (χ1v) is 9.31. The molecular formula is C19H19N3O5S. The van der Waals surface area contributed by atoms with E-state index in [9.17, 15) is 4.79 Å². The third-order valence-corrected chi connectivity index (χ3v) is 4.38. The number of hydrogen-bond acceptors (Lipinski definition) is 8. The maximum atomic E-state index is 12.2. The van der Waals surface area contributed by atoms with Crippen LogP contribution in [0.4, 0.5) is 5.69 Å². The maximum absolute atomic E-state index is 12.2. The molecule has 0 atom stereocenters. The summed E-state index contributed by atoms with van der Waals surface area (Å²) in [6, 6.07) is 14.5. The second-order valence-corrected chi connectivity index (χ2v) is 6.39. The molecule has 0 saturated heterocycles. The zero-order chi connectivity index (χ0) is 19.8. The number of benzene rings is 2. The summed E-state index contributed by atoms with van der Waals surface area (Å²) in [5, 5.41) is 10.9. The molecule has 9 heteroatoms. The van der Waals surface area contributed by atoms with Gasteiger partial charge in [-0.3, -0.25) is 4.79 Å². The number of hydrogen-bond donors (Lipinski definition) is 1. The highest BCUT2D eigenvalue weighted by Gasteiger charge is 2.13. The van der Waals surface area contributed by atoms with Crippen molar-refractivity contribution < 1.29 is 23.4 Å². The van der Waals surface area contributed by atoms with Crippen molar-refractivity contribution in [2.75, 3.05) is 25.3 Å². The normalized spacial score (nSPS) is 10.4. The Hall–Kier alpha value is -3.20. The molecule has 0 aliphatic heterocycles. The number of nitrogens with one attached hydrogen (secondary N) is 1. The van der Waals surface area contributed by atoms with Crippen molar-refractivity contribution in [3.63, 3.8) is 0 Å². The number of nitrogens with zero attached hydrogens (tertiary/aromatic N) is 2. The molecule has 28 heavy (non-hydrogen) atoms. The minimum atomic E-state index is -0.239. The fourth-order valence-corrected chi connectivity index (χ4v) is 2.82. The molecule has 3 aromatic rings. The van der Waals surface area contributed by atoms with E-state index in [1.165, 1.54) is 7.11 Å². The molecule has 1 aromatic heterocycles. The van der Waals surface area contributed by atoms with Crippen molar-refractivity contribution >= 4 is 23.4 Å². The Balaban J connectivity index is 1.50. The standard InChI is InChI=1S/C19H19N3O5S/c1-24-14-8-9-16(25-2)15(10-14)20-17(23)12-28-19-22-21-18(27-19)11-26-13-6-4-3-5-7-13/h3-10H,11-12H2,1-2H3,(H,20,23). The number of methoxy groups -OCH3 is 2. The molecular weight excluding hydrogens is 382 g/mol. The van der Waals surface area contributed by atoms with Crippen LogP contribution in [0.5, 0.6) is 17.2 Å². The summed E-state index contributed by atoms with van der Waals surface area (Å²) >= 11 is 1.13. The highest BCUT2D eigenvalue weighted by molar-refractivity contribution is 7.99. The van der Waals surface area contributed by atoms with Crippen LogP contribution < -0.4 is 19.5 Å². The van der Waals surface area contributed by atoms with Gasteiger partial charge >= 0.3 is 0 Å². The number of anilines is 1. The molecule has 146 valence electrons. The average molecular weight is 401 g/mol. The molecule has 0 fully saturated rings. The summed E-state index contributed by atoms with van der Waals surface area (Å²) < 4.78 is 21.4. The first kappa shape index (κ1) is 19.6. The van der Waals surface area contributed by atoms with Crippen LogP contribution in [0.1, 0.15) is 5.89 Å². The molecule has 0 aliphatic rings. The Kier molecular flexibility index (Phi) is 6.74. The lowest BCUT2D eigenvalue weighted by Crippen LogP contribution is -2.14. The number of amides is 1.